The Morgan fingerprint density at radius 1 is 0.947 bits per heavy atom. The van der Waals surface area contributed by atoms with Crippen molar-refractivity contribution in [1.82, 2.24) is 0 Å². The van der Waals surface area contributed by atoms with Crippen LogP contribution in [0.4, 0.5) is 5.69 Å². The monoisotopic (exact) mass is 276 g/mol. The summed E-state index contributed by atoms with van der Waals surface area (Å²) >= 11 is 0. The van der Waals surface area contributed by atoms with E-state index in [1.54, 1.807) is 30.3 Å². The van der Waals surface area contributed by atoms with Crippen molar-refractivity contribution in [3.05, 3.63) is 65.1 Å². The molecule has 0 N–H and O–H groups in total. The van der Waals surface area contributed by atoms with Crippen molar-refractivity contribution in [2.24, 2.45) is 5.29 Å². The second-order valence-corrected chi connectivity index (χ2v) is 5.75. The van der Waals surface area contributed by atoms with E-state index in [4.69, 9.17) is 0 Å². The minimum Gasteiger partial charge on any atom is -0.199 e. The molecule has 0 aromatic heterocycles. The lowest BCUT2D eigenvalue weighted by molar-refractivity contribution is 0.592. The minimum atomic E-state index is -3.96. The number of rotatable bonds is 4. The average molecular weight is 276 g/mol. The zero-order valence-electron chi connectivity index (χ0n) is 10.2. The van der Waals surface area contributed by atoms with Gasteiger partial charge in [-0.2, -0.15) is 8.42 Å². The molecule has 0 heterocycles. The molecule has 0 bridgehead atoms. The van der Waals surface area contributed by atoms with E-state index in [-0.39, 0.29) is 10.6 Å². The Hall–Kier alpha value is -2.21. The van der Waals surface area contributed by atoms with E-state index in [1.165, 1.54) is 24.3 Å². The second-order valence-electron chi connectivity index (χ2n) is 3.98. The molecule has 6 heteroatoms. The third-order valence-electron chi connectivity index (χ3n) is 2.60. The maximum Gasteiger partial charge on any atom is 0.286 e. The predicted molar refractivity (Wildman–Crippen MR) is 73.1 cm³/mol. The Morgan fingerprint density at radius 3 is 2.05 bits per heavy atom. The molecule has 2 rings (SSSR count). The average Bonchev–Trinajstić information content (AvgIpc) is 2.42. The van der Waals surface area contributed by atoms with Gasteiger partial charge in [0.25, 0.3) is 10.0 Å². The van der Waals surface area contributed by atoms with Crippen LogP contribution >= 0.6 is 0 Å². The zero-order chi connectivity index (χ0) is 13.9. The molecule has 98 valence electrons. The summed E-state index contributed by atoms with van der Waals surface area (Å²) in [6.45, 7) is 1.87. The van der Waals surface area contributed by atoms with Gasteiger partial charge in [0.15, 0.2) is 0 Å². The van der Waals surface area contributed by atoms with E-state index in [0.29, 0.717) is 4.41 Å². The van der Waals surface area contributed by atoms with E-state index < -0.39 is 10.0 Å². The third kappa shape index (κ3) is 2.63. The lowest BCUT2D eigenvalue weighted by Gasteiger charge is -2.15. The highest BCUT2D eigenvalue weighted by Crippen LogP contribution is 2.24. The molecule has 2 aromatic carbocycles. The number of aryl methyl sites for hydroxylation is 1. The van der Waals surface area contributed by atoms with Gasteiger partial charge < -0.3 is 0 Å². The largest absolute Gasteiger partial charge is 0.286 e. The molecule has 0 radical (unpaired) electrons. The van der Waals surface area contributed by atoms with Crippen molar-refractivity contribution in [1.29, 1.82) is 0 Å². The van der Waals surface area contributed by atoms with Crippen LogP contribution in [0.25, 0.3) is 0 Å². The van der Waals surface area contributed by atoms with Gasteiger partial charge in [0.05, 0.1) is 15.9 Å². The van der Waals surface area contributed by atoms with E-state index in [1.807, 2.05) is 6.92 Å². The summed E-state index contributed by atoms with van der Waals surface area (Å²) < 4.78 is 25.0. The Kier molecular flexibility index (Phi) is 3.62. The SMILES string of the molecule is Cc1ccc(N(N=O)S(=O)(=O)c2ccccc2)cc1. The van der Waals surface area contributed by atoms with Gasteiger partial charge in [-0.25, -0.2) is 0 Å². The van der Waals surface area contributed by atoms with E-state index in [9.17, 15) is 13.3 Å². The van der Waals surface area contributed by atoms with Crippen molar-refractivity contribution in [2.45, 2.75) is 11.8 Å². The summed E-state index contributed by atoms with van der Waals surface area (Å²) in [4.78, 5) is 10.9. The van der Waals surface area contributed by atoms with Crippen molar-refractivity contribution in [3.63, 3.8) is 0 Å². The number of nitrogens with zero attached hydrogens (tertiary/aromatic N) is 2. The van der Waals surface area contributed by atoms with Crippen LogP contribution in [0.15, 0.2) is 64.8 Å². The Labute approximate surface area is 111 Å². The van der Waals surface area contributed by atoms with Crippen LogP contribution in [0.3, 0.4) is 0 Å². The molecule has 0 fully saturated rings. The Morgan fingerprint density at radius 2 is 1.53 bits per heavy atom. The summed E-state index contributed by atoms with van der Waals surface area (Å²) in [5.74, 6) is 0. The number of hydrogen-bond donors (Lipinski definition) is 0. The zero-order valence-corrected chi connectivity index (χ0v) is 11.0. The van der Waals surface area contributed by atoms with Crippen molar-refractivity contribution >= 4 is 15.7 Å². The number of sulfonamides is 1. The maximum atomic E-state index is 12.3. The summed E-state index contributed by atoms with van der Waals surface area (Å²) in [6.07, 6.45) is 0. The fraction of sp³-hybridized carbons (Fsp3) is 0.0769. The molecule has 2 aromatic rings. The van der Waals surface area contributed by atoms with Crippen LogP contribution in [0, 0.1) is 11.8 Å². The molecular weight excluding hydrogens is 264 g/mol. The first-order valence-corrected chi connectivity index (χ1v) is 7.00. The van der Waals surface area contributed by atoms with Gasteiger partial charge >= 0.3 is 0 Å². The topological polar surface area (TPSA) is 66.8 Å². The first-order chi connectivity index (χ1) is 9.05. The molecule has 0 aliphatic carbocycles. The highest BCUT2D eigenvalue weighted by atomic mass is 32.2. The summed E-state index contributed by atoms with van der Waals surface area (Å²) in [5.41, 5.74) is 1.18. The van der Waals surface area contributed by atoms with Gasteiger partial charge in [0, 0.05) is 0 Å². The Balaban J connectivity index is 2.48. The van der Waals surface area contributed by atoms with Gasteiger partial charge in [-0.05, 0) is 31.2 Å². The standard InChI is InChI=1S/C13H12N2O3S/c1-11-7-9-12(10-8-11)15(14-16)19(17,18)13-5-3-2-4-6-13/h2-10H,1H3. The number of hydrogen-bond acceptors (Lipinski definition) is 4. The van der Waals surface area contributed by atoms with Crippen molar-refractivity contribution in [2.75, 3.05) is 4.41 Å². The quantitative estimate of drug-likeness (QED) is 0.637. The van der Waals surface area contributed by atoms with Crippen molar-refractivity contribution in [3.8, 4) is 0 Å². The summed E-state index contributed by atoms with van der Waals surface area (Å²) in [5, 5.41) is 2.63. The predicted octanol–water partition coefficient (Wildman–Crippen LogP) is 2.87. The van der Waals surface area contributed by atoms with Crippen LogP contribution in [0.2, 0.25) is 0 Å². The Bertz CT molecular complexity index is 667. The smallest absolute Gasteiger partial charge is 0.199 e. The van der Waals surface area contributed by atoms with Crippen molar-refractivity contribution < 1.29 is 8.42 Å². The minimum absolute atomic E-state index is 0.0233. The van der Waals surface area contributed by atoms with Gasteiger partial charge in [0.1, 0.15) is 0 Å². The maximum absolute atomic E-state index is 12.3. The van der Waals surface area contributed by atoms with Crippen LogP contribution < -0.4 is 4.41 Å². The second kappa shape index (κ2) is 5.19. The molecule has 0 unspecified atom stereocenters. The van der Waals surface area contributed by atoms with Gasteiger partial charge in [0.2, 0.25) is 0 Å². The molecule has 0 spiro atoms. The first-order valence-electron chi connectivity index (χ1n) is 5.56. The van der Waals surface area contributed by atoms with Gasteiger partial charge in [-0.15, -0.1) is 9.32 Å². The van der Waals surface area contributed by atoms with Gasteiger partial charge in [-0.3, -0.25) is 0 Å². The molecule has 0 saturated carbocycles. The normalized spacial score (nSPS) is 11.0. The summed E-state index contributed by atoms with van der Waals surface area (Å²) in [6, 6.07) is 14.2. The molecule has 0 saturated heterocycles. The number of nitroso groups, excluding NO2 is 1. The highest BCUT2D eigenvalue weighted by molar-refractivity contribution is 7.92. The lowest BCUT2D eigenvalue weighted by Crippen LogP contribution is -2.25. The molecule has 0 amide bonds. The third-order valence-corrected chi connectivity index (χ3v) is 4.20. The number of benzene rings is 2. The fourth-order valence-electron chi connectivity index (χ4n) is 1.59. The fourth-order valence-corrected chi connectivity index (χ4v) is 2.78. The number of anilines is 1. The first kappa shape index (κ1) is 13.2. The van der Waals surface area contributed by atoms with Crippen LogP contribution in [0.1, 0.15) is 5.56 Å². The van der Waals surface area contributed by atoms with Crippen LogP contribution in [-0.2, 0) is 10.0 Å². The molecule has 0 aliphatic heterocycles. The molecule has 0 atom stereocenters. The van der Waals surface area contributed by atoms with Crippen LogP contribution in [0.5, 0.6) is 0 Å². The van der Waals surface area contributed by atoms with E-state index in [2.05, 4.69) is 5.29 Å². The summed E-state index contributed by atoms with van der Waals surface area (Å²) in [7, 11) is -3.96. The molecule has 19 heavy (non-hydrogen) atoms. The molecule has 0 aliphatic rings. The molecule has 5 nitrogen and oxygen atoms in total. The van der Waals surface area contributed by atoms with E-state index >= 15 is 0 Å². The lowest BCUT2D eigenvalue weighted by atomic mass is 10.2. The van der Waals surface area contributed by atoms with E-state index in [0.717, 1.165) is 5.56 Å². The highest BCUT2D eigenvalue weighted by Gasteiger charge is 2.25. The molecular formula is C13H12N2O3S. The van der Waals surface area contributed by atoms with Crippen LogP contribution in [-0.4, -0.2) is 8.42 Å². The van der Waals surface area contributed by atoms with Gasteiger partial charge in [-0.1, -0.05) is 35.9 Å².